The average Bonchev–Trinajstić information content (AvgIpc) is 2.89. The minimum absolute atomic E-state index is 0.169. The van der Waals surface area contributed by atoms with Gasteiger partial charge in [-0.25, -0.2) is 9.37 Å². The first-order chi connectivity index (χ1) is 10.9. The summed E-state index contributed by atoms with van der Waals surface area (Å²) in [6.45, 7) is 1.48. The van der Waals surface area contributed by atoms with Crippen molar-refractivity contribution in [3.63, 3.8) is 0 Å². The highest BCUT2D eigenvalue weighted by molar-refractivity contribution is 7.16. The average molecular weight is 333 g/mol. The zero-order chi connectivity index (χ0) is 17.0. The molecule has 23 heavy (non-hydrogen) atoms. The summed E-state index contributed by atoms with van der Waals surface area (Å²) in [6, 6.07) is 7.58. The first-order valence-corrected chi connectivity index (χ1v) is 7.42. The van der Waals surface area contributed by atoms with Crippen molar-refractivity contribution in [2.45, 2.75) is 13.3 Å². The molecule has 2 rings (SSSR count). The molecule has 0 fully saturated rings. The van der Waals surface area contributed by atoms with Crippen LogP contribution in [0, 0.1) is 23.1 Å². The first-order valence-electron chi connectivity index (χ1n) is 6.60. The van der Waals surface area contributed by atoms with Gasteiger partial charge in [0.15, 0.2) is 5.13 Å². The van der Waals surface area contributed by atoms with Gasteiger partial charge in [0.2, 0.25) is 5.91 Å². The van der Waals surface area contributed by atoms with Crippen molar-refractivity contribution in [2.75, 3.05) is 5.32 Å². The van der Waals surface area contributed by atoms with Crippen LogP contribution in [0.2, 0.25) is 0 Å². The van der Waals surface area contributed by atoms with E-state index in [0.29, 0.717) is 5.56 Å². The van der Waals surface area contributed by atoms with Gasteiger partial charge in [-0.2, -0.15) is 5.26 Å². The highest BCUT2D eigenvalue weighted by atomic mass is 32.1. The molecule has 0 saturated carbocycles. The molecule has 0 aliphatic carbocycles. The highest BCUT2D eigenvalue weighted by Crippen LogP contribution is 2.31. The minimum atomic E-state index is -1.08. The van der Waals surface area contributed by atoms with Gasteiger partial charge >= 0.3 is 5.97 Å². The Hall–Kier alpha value is -2.79. The quantitative estimate of drug-likeness (QED) is 0.875. The largest absolute Gasteiger partial charge is 0.481 e. The number of hydrogen-bond acceptors (Lipinski definition) is 5. The lowest BCUT2D eigenvalue weighted by molar-refractivity contribution is -0.139. The SMILES string of the molecule is C[C@H](CC(=O)O)C(=O)Nc1nc(-c2cccc(F)c2)c(C#N)s1. The summed E-state index contributed by atoms with van der Waals surface area (Å²) in [7, 11) is 0. The number of carbonyl (C=O) groups excluding carboxylic acids is 1. The molecule has 1 aromatic heterocycles. The summed E-state index contributed by atoms with van der Waals surface area (Å²) in [5, 5.41) is 20.5. The van der Waals surface area contributed by atoms with Crippen molar-refractivity contribution in [2.24, 2.45) is 5.92 Å². The third-order valence-electron chi connectivity index (χ3n) is 2.99. The molecule has 0 bridgehead atoms. The maximum absolute atomic E-state index is 13.3. The zero-order valence-electron chi connectivity index (χ0n) is 12.0. The lowest BCUT2D eigenvalue weighted by Crippen LogP contribution is -2.22. The predicted octanol–water partition coefficient (Wildman–Crippen LogP) is 2.87. The van der Waals surface area contributed by atoms with Crippen LogP contribution in [0.1, 0.15) is 18.2 Å². The monoisotopic (exact) mass is 333 g/mol. The number of benzene rings is 1. The van der Waals surface area contributed by atoms with Crippen molar-refractivity contribution in [3.05, 3.63) is 35.0 Å². The van der Waals surface area contributed by atoms with Gasteiger partial charge in [-0.3, -0.25) is 9.59 Å². The Labute approximate surface area is 135 Å². The number of carboxylic acids is 1. The van der Waals surface area contributed by atoms with Crippen LogP contribution >= 0.6 is 11.3 Å². The molecule has 2 aromatic rings. The third-order valence-corrected chi connectivity index (χ3v) is 3.86. The molecule has 118 valence electrons. The Kier molecular flexibility index (Phi) is 5.03. The van der Waals surface area contributed by atoms with Crippen LogP contribution in [0.5, 0.6) is 0 Å². The van der Waals surface area contributed by atoms with E-state index in [2.05, 4.69) is 10.3 Å². The van der Waals surface area contributed by atoms with Gasteiger partial charge in [0.05, 0.1) is 6.42 Å². The zero-order valence-corrected chi connectivity index (χ0v) is 12.9. The van der Waals surface area contributed by atoms with Gasteiger partial charge in [-0.1, -0.05) is 30.4 Å². The topological polar surface area (TPSA) is 103 Å². The van der Waals surface area contributed by atoms with Crippen LogP contribution in [0.25, 0.3) is 11.3 Å². The summed E-state index contributed by atoms with van der Waals surface area (Å²) in [5.74, 6) is -2.78. The molecular weight excluding hydrogens is 321 g/mol. The van der Waals surface area contributed by atoms with Crippen molar-refractivity contribution in [1.82, 2.24) is 4.98 Å². The van der Waals surface area contributed by atoms with E-state index in [-0.39, 0.29) is 22.1 Å². The van der Waals surface area contributed by atoms with Crippen molar-refractivity contribution in [3.8, 4) is 17.3 Å². The van der Waals surface area contributed by atoms with Crippen molar-refractivity contribution >= 4 is 28.3 Å². The molecule has 1 heterocycles. The van der Waals surface area contributed by atoms with Gasteiger partial charge in [0, 0.05) is 11.5 Å². The van der Waals surface area contributed by atoms with E-state index >= 15 is 0 Å². The summed E-state index contributed by atoms with van der Waals surface area (Å²) in [5.41, 5.74) is 0.704. The predicted molar refractivity (Wildman–Crippen MR) is 82.3 cm³/mol. The Morgan fingerprint density at radius 2 is 2.26 bits per heavy atom. The number of aliphatic carboxylic acids is 1. The molecule has 6 nitrogen and oxygen atoms in total. The molecule has 0 unspecified atom stereocenters. The van der Waals surface area contributed by atoms with E-state index < -0.39 is 23.6 Å². The van der Waals surface area contributed by atoms with Gasteiger partial charge in [-0.15, -0.1) is 0 Å². The second-order valence-electron chi connectivity index (χ2n) is 4.81. The standard InChI is InChI=1S/C15H12FN3O3S/c1-8(5-12(20)21)14(22)19-15-18-13(11(7-17)23-15)9-3-2-4-10(16)6-9/h2-4,6,8H,5H2,1H3,(H,20,21)(H,18,19,22)/t8-/m1/s1. The van der Waals surface area contributed by atoms with E-state index in [1.54, 1.807) is 6.07 Å². The van der Waals surface area contributed by atoms with Gasteiger partial charge in [0.1, 0.15) is 22.5 Å². The molecule has 0 saturated heterocycles. The number of nitriles is 1. The molecule has 8 heteroatoms. The van der Waals surface area contributed by atoms with Crippen LogP contribution in [0.4, 0.5) is 9.52 Å². The normalized spacial score (nSPS) is 11.5. The van der Waals surface area contributed by atoms with E-state index in [0.717, 1.165) is 11.3 Å². The molecule has 0 radical (unpaired) electrons. The van der Waals surface area contributed by atoms with E-state index in [1.807, 2.05) is 6.07 Å². The Balaban J connectivity index is 2.24. The maximum Gasteiger partial charge on any atom is 0.304 e. The van der Waals surface area contributed by atoms with Crippen molar-refractivity contribution in [1.29, 1.82) is 5.26 Å². The van der Waals surface area contributed by atoms with E-state index in [9.17, 15) is 14.0 Å². The fourth-order valence-electron chi connectivity index (χ4n) is 1.86. The molecule has 0 spiro atoms. The highest BCUT2D eigenvalue weighted by Gasteiger charge is 2.20. The molecule has 1 amide bonds. The van der Waals surface area contributed by atoms with Crippen LogP contribution in [0.15, 0.2) is 24.3 Å². The molecule has 2 N–H and O–H groups in total. The lowest BCUT2D eigenvalue weighted by atomic mass is 10.1. The number of nitrogens with one attached hydrogen (secondary N) is 1. The number of halogens is 1. The van der Waals surface area contributed by atoms with Crippen LogP contribution in [-0.4, -0.2) is 22.0 Å². The lowest BCUT2D eigenvalue weighted by Gasteiger charge is -2.07. The third kappa shape index (κ3) is 4.11. The number of aromatic nitrogens is 1. The van der Waals surface area contributed by atoms with Gasteiger partial charge < -0.3 is 10.4 Å². The molecular formula is C15H12FN3O3S. The molecule has 1 atom stereocenters. The summed E-state index contributed by atoms with van der Waals surface area (Å²) >= 11 is 0.951. The van der Waals surface area contributed by atoms with Crippen LogP contribution < -0.4 is 5.32 Å². The number of anilines is 1. The van der Waals surface area contributed by atoms with Crippen molar-refractivity contribution < 1.29 is 19.1 Å². The van der Waals surface area contributed by atoms with Gasteiger partial charge in [-0.05, 0) is 12.1 Å². The number of hydrogen-bond donors (Lipinski definition) is 2. The van der Waals surface area contributed by atoms with E-state index in [4.69, 9.17) is 10.4 Å². The maximum atomic E-state index is 13.3. The first kappa shape index (κ1) is 16.6. The smallest absolute Gasteiger partial charge is 0.304 e. The minimum Gasteiger partial charge on any atom is -0.481 e. The Bertz CT molecular complexity index is 798. The molecule has 0 aliphatic rings. The van der Waals surface area contributed by atoms with Crippen LogP contribution in [0.3, 0.4) is 0 Å². The number of rotatable bonds is 5. The second kappa shape index (κ2) is 6.98. The molecule has 1 aromatic carbocycles. The van der Waals surface area contributed by atoms with Gasteiger partial charge in [0.25, 0.3) is 0 Å². The summed E-state index contributed by atoms with van der Waals surface area (Å²) < 4.78 is 13.3. The summed E-state index contributed by atoms with van der Waals surface area (Å²) in [6.07, 6.45) is -0.306. The fraction of sp³-hybridized carbons (Fsp3) is 0.200. The molecule has 0 aliphatic heterocycles. The van der Waals surface area contributed by atoms with E-state index in [1.165, 1.54) is 25.1 Å². The number of thiazole rings is 1. The Morgan fingerprint density at radius 1 is 1.52 bits per heavy atom. The Morgan fingerprint density at radius 3 is 2.87 bits per heavy atom. The second-order valence-corrected chi connectivity index (χ2v) is 5.81. The number of nitrogens with zero attached hydrogens (tertiary/aromatic N) is 2. The summed E-state index contributed by atoms with van der Waals surface area (Å²) in [4.78, 5) is 26.9. The van der Waals surface area contributed by atoms with Crippen LogP contribution in [-0.2, 0) is 9.59 Å². The fourth-order valence-corrected chi connectivity index (χ4v) is 2.65. The number of carboxylic acid groups (broad SMARTS) is 1. The number of carbonyl (C=O) groups is 2. The number of amides is 1.